The second-order valence-electron chi connectivity index (χ2n) is 3.97. The van der Waals surface area contributed by atoms with Crippen molar-refractivity contribution in [1.29, 1.82) is 0 Å². The molecular weight excluding hydrogens is 299 g/mol. The molecule has 0 radical (unpaired) electrons. The molecule has 0 aliphatic heterocycles. The van der Waals surface area contributed by atoms with Gasteiger partial charge in [0.25, 0.3) is 0 Å². The van der Waals surface area contributed by atoms with Crippen LogP contribution in [0.1, 0.15) is 5.56 Å². The van der Waals surface area contributed by atoms with Crippen molar-refractivity contribution in [1.82, 2.24) is 10.6 Å². The van der Waals surface area contributed by atoms with Crippen molar-refractivity contribution in [3.8, 4) is 5.75 Å². The van der Waals surface area contributed by atoms with Gasteiger partial charge in [0.1, 0.15) is 5.75 Å². The Kier molecular flexibility index (Phi) is 9.93. The number of benzene rings is 1. The van der Waals surface area contributed by atoms with Crippen molar-refractivity contribution in [2.45, 2.75) is 0 Å². The Labute approximate surface area is 150 Å². The number of carbonyl (C=O) groups excluding carboxylic acids is 3. The van der Waals surface area contributed by atoms with Crippen molar-refractivity contribution in [3.63, 3.8) is 0 Å². The van der Waals surface area contributed by atoms with E-state index in [0.29, 0.717) is 5.75 Å². The molecule has 1 rings (SSSR count). The summed E-state index contributed by atoms with van der Waals surface area (Å²) in [5.41, 5.74) is 0.798. The van der Waals surface area contributed by atoms with E-state index in [9.17, 15) is 19.5 Å². The largest absolute Gasteiger partial charge is 1.00 e. The molecule has 2 amide bonds. The minimum atomic E-state index is -1.39. The number of aliphatic carboxylic acids is 1. The van der Waals surface area contributed by atoms with E-state index in [0.717, 1.165) is 5.56 Å². The minimum absolute atomic E-state index is 0. The quantitative estimate of drug-likeness (QED) is 0.391. The van der Waals surface area contributed by atoms with Crippen LogP contribution in [0.5, 0.6) is 5.75 Å². The Morgan fingerprint density at radius 1 is 1.14 bits per heavy atom. The van der Waals surface area contributed by atoms with Crippen LogP contribution in [0, 0.1) is 0 Å². The van der Waals surface area contributed by atoms with Crippen LogP contribution in [-0.2, 0) is 14.4 Å². The predicted molar refractivity (Wildman–Crippen MR) is 73.1 cm³/mol. The predicted octanol–water partition coefficient (Wildman–Crippen LogP) is -4.31. The number of carbonyl (C=O) groups is 3. The Hall–Kier alpha value is -1.83. The summed E-state index contributed by atoms with van der Waals surface area (Å²) in [7, 11) is 1.56. The van der Waals surface area contributed by atoms with Gasteiger partial charge in [0, 0.05) is 6.08 Å². The van der Waals surface area contributed by atoms with Gasteiger partial charge < -0.3 is 25.3 Å². The third kappa shape index (κ3) is 8.46. The normalized spacial score (nSPS) is 9.68. The van der Waals surface area contributed by atoms with E-state index >= 15 is 0 Å². The van der Waals surface area contributed by atoms with Crippen LogP contribution in [0.3, 0.4) is 0 Å². The van der Waals surface area contributed by atoms with Gasteiger partial charge >= 0.3 is 29.6 Å². The number of nitrogens with one attached hydrogen (secondary N) is 2. The molecular formula is C14H15N2NaO5. The van der Waals surface area contributed by atoms with E-state index < -0.39 is 24.3 Å². The van der Waals surface area contributed by atoms with Crippen LogP contribution >= 0.6 is 0 Å². The van der Waals surface area contributed by atoms with Gasteiger partial charge in [-0.05, 0) is 23.8 Å². The number of methoxy groups -OCH3 is 1. The van der Waals surface area contributed by atoms with Gasteiger partial charge in [0.05, 0.1) is 26.2 Å². The third-order valence-electron chi connectivity index (χ3n) is 2.40. The topological polar surface area (TPSA) is 108 Å². The summed E-state index contributed by atoms with van der Waals surface area (Å²) in [4.78, 5) is 32.7. The zero-order valence-electron chi connectivity index (χ0n) is 12.4. The molecule has 0 atom stereocenters. The van der Waals surface area contributed by atoms with E-state index in [1.165, 1.54) is 6.08 Å². The fraction of sp³-hybridized carbons (Fsp3) is 0.214. The van der Waals surface area contributed by atoms with Crippen molar-refractivity contribution in [2.75, 3.05) is 20.2 Å². The van der Waals surface area contributed by atoms with E-state index in [4.69, 9.17) is 4.74 Å². The first-order valence-corrected chi connectivity index (χ1v) is 6.08. The molecule has 7 nitrogen and oxygen atoms in total. The maximum absolute atomic E-state index is 11.5. The molecule has 0 unspecified atom stereocenters. The van der Waals surface area contributed by atoms with Crippen LogP contribution in [0.15, 0.2) is 30.3 Å². The summed E-state index contributed by atoms with van der Waals surface area (Å²) in [5, 5.41) is 14.5. The fourth-order valence-electron chi connectivity index (χ4n) is 1.35. The minimum Gasteiger partial charge on any atom is -0.548 e. The number of amides is 2. The molecule has 0 saturated carbocycles. The molecule has 0 saturated heterocycles. The molecule has 0 spiro atoms. The monoisotopic (exact) mass is 314 g/mol. The zero-order valence-corrected chi connectivity index (χ0v) is 14.4. The number of hydrogen-bond acceptors (Lipinski definition) is 5. The van der Waals surface area contributed by atoms with Gasteiger partial charge in [0.15, 0.2) is 0 Å². The van der Waals surface area contributed by atoms with Crippen molar-refractivity contribution in [2.24, 2.45) is 0 Å². The molecule has 0 heterocycles. The van der Waals surface area contributed by atoms with Gasteiger partial charge in [-0.3, -0.25) is 9.59 Å². The standard InChI is InChI=1S/C14H16N2O5.Na/c1-21-11-5-2-10(3-6-11)4-7-12(17)15-8-13(18)16-9-14(19)20;/h2-7H,8-9H2,1H3,(H,15,17)(H,16,18)(H,19,20);/q;+1/p-1. The van der Waals surface area contributed by atoms with Gasteiger partial charge in [0.2, 0.25) is 11.8 Å². The van der Waals surface area contributed by atoms with Gasteiger partial charge in [-0.15, -0.1) is 0 Å². The maximum Gasteiger partial charge on any atom is 1.00 e. The molecule has 0 aromatic heterocycles. The SMILES string of the molecule is COc1ccc(C=CC(=O)NCC(=O)NCC(=O)[O-])cc1.[Na+]. The number of hydrogen-bond donors (Lipinski definition) is 2. The zero-order chi connectivity index (χ0) is 15.7. The van der Waals surface area contributed by atoms with E-state index in [2.05, 4.69) is 10.6 Å². The third-order valence-corrected chi connectivity index (χ3v) is 2.40. The fourth-order valence-corrected chi connectivity index (χ4v) is 1.35. The number of rotatable bonds is 7. The average molecular weight is 314 g/mol. The summed E-state index contributed by atoms with van der Waals surface area (Å²) >= 11 is 0. The molecule has 22 heavy (non-hydrogen) atoms. The molecule has 0 aliphatic carbocycles. The summed E-state index contributed by atoms with van der Waals surface area (Å²) in [6, 6.07) is 7.06. The molecule has 1 aromatic rings. The molecule has 8 heteroatoms. The summed E-state index contributed by atoms with van der Waals surface area (Å²) < 4.78 is 5.01. The smallest absolute Gasteiger partial charge is 0.548 e. The second kappa shape index (κ2) is 10.8. The van der Waals surface area contributed by atoms with E-state index in [1.54, 1.807) is 37.5 Å². The van der Waals surface area contributed by atoms with Crippen LogP contribution in [0.25, 0.3) is 6.08 Å². The molecule has 1 aromatic carbocycles. The summed E-state index contributed by atoms with van der Waals surface area (Å²) in [5.74, 6) is -1.75. The van der Waals surface area contributed by atoms with Crippen molar-refractivity contribution >= 4 is 23.9 Å². The number of carboxylic acids is 1. The molecule has 0 aliphatic rings. The first-order chi connectivity index (χ1) is 10.0. The van der Waals surface area contributed by atoms with Gasteiger partial charge in [-0.2, -0.15) is 0 Å². The average Bonchev–Trinajstić information content (AvgIpc) is 2.49. The second-order valence-corrected chi connectivity index (χ2v) is 3.97. The van der Waals surface area contributed by atoms with Crippen LogP contribution in [0.2, 0.25) is 0 Å². The molecule has 0 fully saturated rings. The van der Waals surface area contributed by atoms with E-state index in [-0.39, 0.29) is 36.1 Å². The van der Waals surface area contributed by atoms with Gasteiger partial charge in [-0.1, -0.05) is 12.1 Å². The van der Waals surface area contributed by atoms with Crippen LogP contribution in [0.4, 0.5) is 0 Å². The van der Waals surface area contributed by atoms with Gasteiger partial charge in [-0.25, -0.2) is 0 Å². The van der Waals surface area contributed by atoms with Crippen molar-refractivity contribution < 1.29 is 53.8 Å². The Morgan fingerprint density at radius 3 is 2.32 bits per heavy atom. The molecule has 0 bridgehead atoms. The first kappa shape index (κ1) is 20.2. The van der Waals surface area contributed by atoms with Crippen LogP contribution in [-0.4, -0.2) is 38.0 Å². The van der Waals surface area contributed by atoms with E-state index in [1.807, 2.05) is 0 Å². The summed E-state index contributed by atoms with van der Waals surface area (Å²) in [6.45, 7) is -0.893. The maximum atomic E-state index is 11.5. The van der Waals surface area contributed by atoms with Crippen LogP contribution < -0.4 is 50.0 Å². The number of carboxylic acid groups (broad SMARTS) is 1. The molecule has 112 valence electrons. The van der Waals surface area contributed by atoms with Crippen molar-refractivity contribution in [3.05, 3.63) is 35.9 Å². The Bertz CT molecular complexity index is 543. The first-order valence-electron chi connectivity index (χ1n) is 6.08. The molecule has 2 N–H and O–H groups in total. The Balaban J connectivity index is 0.00000441. The Morgan fingerprint density at radius 2 is 1.77 bits per heavy atom. The summed E-state index contributed by atoms with van der Waals surface area (Å²) in [6.07, 6.45) is 2.85. The number of ether oxygens (including phenoxy) is 1.